The molecule has 2 heterocycles. The zero-order valence-corrected chi connectivity index (χ0v) is 11.5. The van der Waals surface area contributed by atoms with Gasteiger partial charge in [-0.3, -0.25) is 0 Å². The molecule has 17 heavy (non-hydrogen) atoms. The van der Waals surface area contributed by atoms with Gasteiger partial charge in [0.05, 0.1) is 0 Å². The minimum atomic E-state index is 0.482. The van der Waals surface area contributed by atoms with E-state index in [2.05, 4.69) is 44.3 Å². The summed E-state index contributed by atoms with van der Waals surface area (Å²) in [7, 11) is 2.11. The lowest BCUT2D eigenvalue weighted by Gasteiger charge is -2.11. The first-order chi connectivity index (χ1) is 7.86. The summed E-state index contributed by atoms with van der Waals surface area (Å²) in [5, 5.41) is 2.42. The Hall–Kier alpha value is -1.51. The van der Waals surface area contributed by atoms with E-state index in [1.807, 2.05) is 6.92 Å². The number of nitrogen functional groups attached to an aromatic ring is 1. The molecule has 0 aromatic carbocycles. The van der Waals surface area contributed by atoms with Crippen molar-refractivity contribution >= 4 is 16.6 Å². The lowest BCUT2D eigenvalue weighted by Crippen LogP contribution is -2.00. The van der Waals surface area contributed by atoms with Crippen LogP contribution >= 0.6 is 0 Å². The summed E-state index contributed by atoms with van der Waals surface area (Å²) in [6, 6.07) is 0. The van der Waals surface area contributed by atoms with Crippen molar-refractivity contribution in [2.24, 2.45) is 7.05 Å². The van der Waals surface area contributed by atoms with Gasteiger partial charge in [-0.15, -0.1) is 0 Å². The molecule has 0 aliphatic heterocycles. The Kier molecular flexibility index (Phi) is 2.64. The molecule has 0 saturated heterocycles. The Balaban J connectivity index is 3.06. The van der Waals surface area contributed by atoms with Crippen molar-refractivity contribution in [3.8, 4) is 0 Å². The van der Waals surface area contributed by atoms with Crippen molar-refractivity contribution in [2.75, 3.05) is 5.73 Å². The number of nitrogens with zero attached hydrogens (tertiary/aromatic N) is 2. The topological polar surface area (TPSA) is 43.8 Å². The number of hydrogen-bond donors (Lipinski definition) is 1. The maximum Gasteiger partial charge on any atom is 0.133 e. The maximum absolute atomic E-state index is 6.08. The molecule has 0 saturated carbocycles. The smallest absolute Gasteiger partial charge is 0.133 e. The van der Waals surface area contributed by atoms with Crippen molar-refractivity contribution in [3.63, 3.8) is 0 Å². The second-order valence-electron chi connectivity index (χ2n) is 5.14. The Morgan fingerprint density at radius 1 is 1.12 bits per heavy atom. The normalized spacial score (nSPS) is 11.7. The Morgan fingerprint density at radius 2 is 1.71 bits per heavy atom. The highest BCUT2D eigenvalue weighted by molar-refractivity contribution is 5.98. The first-order valence-corrected chi connectivity index (χ1v) is 6.07. The molecule has 3 nitrogen and oxygen atoms in total. The Morgan fingerprint density at radius 3 is 2.24 bits per heavy atom. The number of rotatable bonds is 1. The number of nitrogens with two attached hydrogens (primary N) is 1. The van der Waals surface area contributed by atoms with E-state index in [1.54, 1.807) is 0 Å². The fraction of sp³-hybridized carbons (Fsp3) is 0.500. The number of pyridine rings is 1. The zero-order chi connectivity index (χ0) is 12.9. The van der Waals surface area contributed by atoms with Gasteiger partial charge < -0.3 is 10.3 Å². The molecule has 0 bridgehead atoms. The lowest BCUT2D eigenvalue weighted by molar-refractivity contribution is 0.733. The summed E-state index contributed by atoms with van der Waals surface area (Å²) in [6.07, 6.45) is 0. The summed E-state index contributed by atoms with van der Waals surface area (Å²) in [5.41, 5.74) is 10.9. The van der Waals surface area contributed by atoms with Crippen molar-refractivity contribution in [1.82, 2.24) is 9.55 Å². The fourth-order valence-electron chi connectivity index (χ4n) is 2.70. The molecule has 0 atom stereocenters. The summed E-state index contributed by atoms with van der Waals surface area (Å²) < 4.78 is 2.25. The van der Waals surface area contributed by atoms with Crippen LogP contribution in [0.25, 0.3) is 10.8 Å². The van der Waals surface area contributed by atoms with Gasteiger partial charge in [0.1, 0.15) is 5.82 Å². The van der Waals surface area contributed by atoms with Gasteiger partial charge in [-0.25, -0.2) is 4.98 Å². The third kappa shape index (κ3) is 1.53. The molecular weight excluding hydrogens is 210 g/mol. The van der Waals surface area contributed by atoms with E-state index in [-0.39, 0.29) is 0 Å². The third-order valence-corrected chi connectivity index (χ3v) is 3.74. The first-order valence-electron chi connectivity index (χ1n) is 6.07. The first kappa shape index (κ1) is 12.0. The van der Waals surface area contributed by atoms with Gasteiger partial charge in [-0.05, 0) is 32.3 Å². The van der Waals surface area contributed by atoms with Gasteiger partial charge in [0.25, 0.3) is 0 Å². The van der Waals surface area contributed by atoms with Gasteiger partial charge in [0.2, 0.25) is 0 Å². The highest BCUT2D eigenvalue weighted by atomic mass is 15.0. The van der Waals surface area contributed by atoms with E-state index in [0.29, 0.717) is 11.7 Å². The molecule has 0 aliphatic carbocycles. The molecule has 0 fully saturated rings. The van der Waals surface area contributed by atoms with Crippen LogP contribution in [0, 0.1) is 20.8 Å². The minimum Gasteiger partial charge on any atom is -0.383 e. The third-order valence-electron chi connectivity index (χ3n) is 3.74. The molecule has 0 aliphatic rings. The van der Waals surface area contributed by atoms with Crippen LogP contribution < -0.4 is 5.73 Å². The van der Waals surface area contributed by atoms with E-state index >= 15 is 0 Å². The molecule has 0 radical (unpaired) electrons. The molecule has 0 spiro atoms. The van der Waals surface area contributed by atoms with Crippen molar-refractivity contribution in [1.29, 1.82) is 0 Å². The highest BCUT2D eigenvalue weighted by Gasteiger charge is 2.19. The number of aromatic nitrogens is 2. The maximum atomic E-state index is 6.08. The number of fused-ring (bicyclic) bond motifs is 1. The van der Waals surface area contributed by atoms with E-state index in [0.717, 1.165) is 11.1 Å². The summed E-state index contributed by atoms with van der Waals surface area (Å²) in [4.78, 5) is 4.44. The summed E-state index contributed by atoms with van der Waals surface area (Å²) in [6.45, 7) is 10.7. The van der Waals surface area contributed by atoms with E-state index in [1.165, 1.54) is 22.3 Å². The van der Waals surface area contributed by atoms with Crippen molar-refractivity contribution < 1.29 is 0 Å². The average Bonchev–Trinajstić information content (AvgIpc) is 2.49. The van der Waals surface area contributed by atoms with E-state index in [4.69, 9.17) is 5.73 Å². The molecule has 2 aromatic rings. The fourth-order valence-corrected chi connectivity index (χ4v) is 2.70. The van der Waals surface area contributed by atoms with Crippen molar-refractivity contribution in [3.05, 3.63) is 22.6 Å². The van der Waals surface area contributed by atoms with Crippen LogP contribution in [0.3, 0.4) is 0 Å². The predicted octanol–water partition coefficient (Wildman–Crippen LogP) is 3.20. The molecule has 2 aromatic heterocycles. The molecule has 0 amide bonds. The van der Waals surface area contributed by atoms with Crippen LogP contribution in [0.4, 0.5) is 5.82 Å². The standard InChI is InChI=1S/C14H21N3/c1-7(2)13-11-8(3)9(4)16-14(15)12(11)10(5)17(13)6/h7H,1-6H3,(H2,15,16). The predicted molar refractivity (Wildman–Crippen MR) is 73.4 cm³/mol. The Bertz CT molecular complexity index is 592. The van der Waals surface area contributed by atoms with Crippen LogP contribution in [0.15, 0.2) is 0 Å². The number of anilines is 1. The molecular formula is C14H21N3. The average molecular weight is 231 g/mol. The highest BCUT2D eigenvalue weighted by Crippen LogP contribution is 2.35. The quantitative estimate of drug-likeness (QED) is 0.819. The van der Waals surface area contributed by atoms with Gasteiger partial charge in [0.15, 0.2) is 0 Å². The van der Waals surface area contributed by atoms with E-state index < -0.39 is 0 Å². The second kappa shape index (κ2) is 3.76. The van der Waals surface area contributed by atoms with Crippen LogP contribution in [0.1, 0.15) is 42.4 Å². The zero-order valence-electron chi connectivity index (χ0n) is 11.5. The van der Waals surface area contributed by atoms with Crippen molar-refractivity contribution in [2.45, 2.75) is 40.5 Å². The molecule has 92 valence electrons. The summed E-state index contributed by atoms with van der Waals surface area (Å²) >= 11 is 0. The second-order valence-corrected chi connectivity index (χ2v) is 5.14. The lowest BCUT2D eigenvalue weighted by atomic mass is 10.0. The number of hydrogen-bond acceptors (Lipinski definition) is 2. The van der Waals surface area contributed by atoms with Gasteiger partial charge in [0, 0.05) is 34.9 Å². The Labute approximate surface area is 103 Å². The molecule has 2 N–H and O–H groups in total. The van der Waals surface area contributed by atoms with Crippen LogP contribution in [-0.4, -0.2) is 9.55 Å². The molecule has 3 heteroatoms. The monoisotopic (exact) mass is 231 g/mol. The summed E-state index contributed by atoms with van der Waals surface area (Å²) in [5.74, 6) is 1.14. The SMILES string of the molecule is Cc1nc(N)c2c(C)n(C)c(C(C)C)c2c1C. The van der Waals surface area contributed by atoms with Crippen LogP contribution in [0.2, 0.25) is 0 Å². The van der Waals surface area contributed by atoms with Crippen LogP contribution in [-0.2, 0) is 7.05 Å². The van der Waals surface area contributed by atoms with E-state index in [9.17, 15) is 0 Å². The van der Waals surface area contributed by atoms with Gasteiger partial charge in [-0.2, -0.15) is 0 Å². The molecule has 2 rings (SSSR count). The van der Waals surface area contributed by atoms with Gasteiger partial charge >= 0.3 is 0 Å². The van der Waals surface area contributed by atoms with Gasteiger partial charge in [-0.1, -0.05) is 13.8 Å². The number of aryl methyl sites for hydroxylation is 3. The molecule has 0 unspecified atom stereocenters. The van der Waals surface area contributed by atoms with Crippen LogP contribution in [0.5, 0.6) is 0 Å². The largest absolute Gasteiger partial charge is 0.383 e. The minimum absolute atomic E-state index is 0.482.